The van der Waals surface area contributed by atoms with Gasteiger partial charge in [-0.3, -0.25) is 9.52 Å². The molecule has 0 bridgehead atoms. The molecular formula is C19H24N2O4S. The van der Waals surface area contributed by atoms with Gasteiger partial charge < -0.3 is 10.1 Å². The van der Waals surface area contributed by atoms with Crippen molar-refractivity contribution in [2.45, 2.75) is 26.8 Å². The maximum atomic E-state index is 12.5. The molecule has 0 spiro atoms. The number of nitrogens with one attached hydrogen (secondary N) is 2. The molecule has 0 radical (unpaired) electrons. The van der Waals surface area contributed by atoms with Crippen molar-refractivity contribution in [1.29, 1.82) is 0 Å². The zero-order valence-electron chi connectivity index (χ0n) is 15.4. The van der Waals surface area contributed by atoms with Crippen LogP contribution in [0.5, 0.6) is 5.75 Å². The second-order valence-electron chi connectivity index (χ2n) is 6.10. The molecule has 0 heterocycles. The fourth-order valence-electron chi connectivity index (χ4n) is 2.50. The van der Waals surface area contributed by atoms with Gasteiger partial charge in [-0.2, -0.15) is 0 Å². The topological polar surface area (TPSA) is 84.5 Å². The third kappa shape index (κ3) is 5.49. The largest absolute Gasteiger partial charge is 0.494 e. The molecule has 2 rings (SSSR count). The first-order valence-corrected chi connectivity index (χ1v) is 10.2. The van der Waals surface area contributed by atoms with Crippen LogP contribution in [0, 0.1) is 6.92 Å². The van der Waals surface area contributed by atoms with Crippen molar-refractivity contribution < 1.29 is 17.9 Å². The minimum absolute atomic E-state index is 0.174. The SMILES string of the molecule is CCOc1ccc([C@H](C)NC(=O)c2ccc(NS(C)(=O)=O)c(C)c2)cc1. The Morgan fingerprint density at radius 1 is 1.15 bits per heavy atom. The van der Waals surface area contributed by atoms with Gasteiger partial charge in [0.05, 0.1) is 24.6 Å². The van der Waals surface area contributed by atoms with Gasteiger partial charge in [0.1, 0.15) is 5.75 Å². The number of hydrogen-bond acceptors (Lipinski definition) is 4. The molecular weight excluding hydrogens is 352 g/mol. The van der Waals surface area contributed by atoms with E-state index in [0.29, 0.717) is 23.4 Å². The van der Waals surface area contributed by atoms with Crippen molar-refractivity contribution in [3.63, 3.8) is 0 Å². The first-order chi connectivity index (χ1) is 12.2. The van der Waals surface area contributed by atoms with Gasteiger partial charge in [-0.15, -0.1) is 0 Å². The summed E-state index contributed by atoms with van der Waals surface area (Å²) in [6, 6.07) is 12.3. The van der Waals surface area contributed by atoms with Crippen LogP contribution in [0.2, 0.25) is 0 Å². The summed E-state index contributed by atoms with van der Waals surface area (Å²) in [5.41, 5.74) is 2.58. The molecule has 140 valence electrons. The van der Waals surface area contributed by atoms with Crippen LogP contribution in [0.1, 0.15) is 41.4 Å². The van der Waals surface area contributed by atoms with Crippen molar-refractivity contribution in [3.05, 3.63) is 59.2 Å². The summed E-state index contributed by atoms with van der Waals surface area (Å²) >= 11 is 0. The third-order valence-electron chi connectivity index (χ3n) is 3.82. The van der Waals surface area contributed by atoms with E-state index in [1.807, 2.05) is 38.1 Å². The Morgan fingerprint density at radius 3 is 2.35 bits per heavy atom. The number of carbonyl (C=O) groups excluding carboxylic acids is 1. The molecule has 1 amide bonds. The molecule has 0 aromatic heterocycles. The number of anilines is 1. The lowest BCUT2D eigenvalue weighted by Gasteiger charge is -2.16. The van der Waals surface area contributed by atoms with Crippen LogP contribution in [0.4, 0.5) is 5.69 Å². The maximum absolute atomic E-state index is 12.5. The molecule has 2 aromatic carbocycles. The fraction of sp³-hybridized carbons (Fsp3) is 0.316. The van der Waals surface area contributed by atoms with Gasteiger partial charge in [-0.05, 0) is 62.2 Å². The monoisotopic (exact) mass is 376 g/mol. The van der Waals surface area contributed by atoms with Gasteiger partial charge in [-0.1, -0.05) is 12.1 Å². The molecule has 0 aliphatic heterocycles. The summed E-state index contributed by atoms with van der Waals surface area (Å²) in [6.45, 7) is 6.19. The van der Waals surface area contributed by atoms with E-state index >= 15 is 0 Å². The minimum atomic E-state index is -3.36. The van der Waals surface area contributed by atoms with Crippen LogP contribution in [-0.4, -0.2) is 27.2 Å². The highest BCUT2D eigenvalue weighted by atomic mass is 32.2. The van der Waals surface area contributed by atoms with Crippen LogP contribution >= 0.6 is 0 Å². The Hall–Kier alpha value is -2.54. The third-order valence-corrected chi connectivity index (χ3v) is 4.41. The van der Waals surface area contributed by atoms with Crippen LogP contribution in [0.25, 0.3) is 0 Å². The van der Waals surface area contributed by atoms with Crippen molar-refractivity contribution in [1.82, 2.24) is 5.32 Å². The Labute approximate surface area is 154 Å². The first kappa shape index (κ1) is 19.8. The highest BCUT2D eigenvalue weighted by Gasteiger charge is 2.13. The predicted molar refractivity (Wildman–Crippen MR) is 103 cm³/mol. The summed E-state index contributed by atoms with van der Waals surface area (Å²) in [5, 5.41) is 2.94. The van der Waals surface area contributed by atoms with Gasteiger partial charge in [0, 0.05) is 5.56 Å². The van der Waals surface area contributed by atoms with E-state index < -0.39 is 10.0 Å². The zero-order chi connectivity index (χ0) is 19.3. The molecule has 1 atom stereocenters. The minimum Gasteiger partial charge on any atom is -0.494 e. The van der Waals surface area contributed by atoms with E-state index in [1.54, 1.807) is 25.1 Å². The Morgan fingerprint density at radius 2 is 1.81 bits per heavy atom. The average molecular weight is 376 g/mol. The van der Waals surface area contributed by atoms with Gasteiger partial charge in [0.2, 0.25) is 10.0 Å². The average Bonchev–Trinajstić information content (AvgIpc) is 2.56. The van der Waals surface area contributed by atoms with E-state index in [0.717, 1.165) is 17.6 Å². The van der Waals surface area contributed by atoms with E-state index in [2.05, 4.69) is 10.0 Å². The standard InChI is InChI=1S/C19H24N2O4S/c1-5-25-17-9-6-15(7-10-17)14(3)20-19(22)16-8-11-18(13(2)12-16)21-26(4,23)24/h6-12,14,21H,5H2,1-4H3,(H,20,22)/t14-/m0/s1. The quantitative estimate of drug-likeness (QED) is 0.777. The van der Waals surface area contributed by atoms with E-state index in [9.17, 15) is 13.2 Å². The molecule has 0 aliphatic carbocycles. The van der Waals surface area contributed by atoms with E-state index in [-0.39, 0.29) is 11.9 Å². The van der Waals surface area contributed by atoms with Crippen LogP contribution < -0.4 is 14.8 Å². The maximum Gasteiger partial charge on any atom is 0.251 e. The molecule has 7 heteroatoms. The second-order valence-corrected chi connectivity index (χ2v) is 7.85. The molecule has 0 unspecified atom stereocenters. The van der Waals surface area contributed by atoms with Gasteiger partial charge in [-0.25, -0.2) is 8.42 Å². The molecule has 26 heavy (non-hydrogen) atoms. The lowest BCUT2D eigenvalue weighted by molar-refractivity contribution is 0.0940. The summed E-state index contributed by atoms with van der Waals surface area (Å²) in [5.74, 6) is 0.569. The first-order valence-electron chi connectivity index (χ1n) is 8.31. The zero-order valence-corrected chi connectivity index (χ0v) is 16.2. The number of rotatable bonds is 7. The molecule has 0 aliphatic rings. The highest BCUT2D eigenvalue weighted by Crippen LogP contribution is 2.20. The number of carbonyl (C=O) groups is 1. The van der Waals surface area contributed by atoms with Crippen molar-refractivity contribution in [2.24, 2.45) is 0 Å². The van der Waals surface area contributed by atoms with Gasteiger partial charge in [0.25, 0.3) is 5.91 Å². The number of sulfonamides is 1. The van der Waals surface area contributed by atoms with E-state index in [1.165, 1.54) is 0 Å². The molecule has 0 fully saturated rings. The summed E-state index contributed by atoms with van der Waals surface area (Å²) in [4.78, 5) is 12.5. The smallest absolute Gasteiger partial charge is 0.251 e. The Kier molecular flexibility index (Phi) is 6.26. The Balaban J connectivity index is 2.08. The van der Waals surface area contributed by atoms with Crippen LogP contribution in [-0.2, 0) is 10.0 Å². The lowest BCUT2D eigenvalue weighted by Crippen LogP contribution is -2.26. The fourth-order valence-corrected chi connectivity index (χ4v) is 3.13. The molecule has 0 saturated carbocycles. The number of ether oxygens (including phenoxy) is 1. The van der Waals surface area contributed by atoms with E-state index in [4.69, 9.17) is 4.74 Å². The summed E-state index contributed by atoms with van der Waals surface area (Å²) in [6.07, 6.45) is 1.09. The normalized spacial score (nSPS) is 12.3. The number of aryl methyl sites for hydroxylation is 1. The number of benzene rings is 2. The van der Waals surface area contributed by atoms with Crippen molar-refractivity contribution >= 4 is 21.6 Å². The van der Waals surface area contributed by atoms with Gasteiger partial charge >= 0.3 is 0 Å². The molecule has 2 aromatic rings. The Bertz CT molecular complexity index is 877. The molecule has 2 N–H and O–H groups in total. The summed E-state index contributed by atoms with van der Waals surface area (Å²) in [7, 11) is -3.36. The summed E-state index contributed by atoms with van der Waals surface area (Å²) < 4.78 is 30.5. The van der Waals surface area contributed by atoms with Crippen LogP contribution in [0.3, 0.4) is 0 Å². The lowest BCUT2D eigenvalue weighted by atomic mass is 10.1. The predicted octanol–water partition coefficient (Wildman–Crippen LogP) is 3.26. The number of amides is 1. The van der Waals surface area contributed by atoms with Gasteiger partial charge in [0.15, 0.2) is 0 Å². The molecule has 0 saturated heterocycles. The second kappa shape index (κ2) is 8.23. The van der Waals surface area contributed by atoms with Crippen molar-refractivity contribution in [2.75, 3.05) is 17.6 Å². The number of hydrogen-bond donors (Lipinski definition) is 2. The van der Waals surface area contributed by atoms with Crippen LogP contribution in [0.15, 0.2) is 42.5 Å². The van der Waals surface area contributed by atoms with Crippen molar-refractivity contribution in [3.8, 4) is 5.75 Å². The molecule has 6 nitrogen and oxygen atoms in total. The highest BCUT2D eigenvalue weighted by molar-refractivity contribution is 7.92.